The molecule has 150 valence electrons. The summed E-state index contributed by atoms with van der Waals surface area (Å²) in [6.07, 6.45) is 3.22. The van der Waals surface area contributed by atoms with Gasteiger partial charge in [0.05, 0.1) is 11.2 Å². The van der Waals surface area contributed by atoms with Crippen LogP contribution in [0.25, 0.3) is 0 Å². The van der Waals surface area contributed by atoms with E-state index in [9.17, 15) is 4.79 Å². The summed E-state index contributed by atoms with van der Waals surface area (Å²) < 4.78 is 0. The Hall–Kier alpha value is -3.85. The van der Waals surface area contributed by atoms with Crippen molar-refractivity contribution in [1.82, 2.24) is 19.9 Å². The lowest BCUT2D eigenvalue weighted by Crippen LogP contribution is -2.11. The maximum atomic E-state index is 12.3. The molecule has 3 heterocycles. The first-order chi connectivity index (χ1) is 14.6. The summed E-state index contributed by atoms with van der Waals surface area (Å²) in [7, 11) is 0. The van der Waals surface area contributed by atoms with Gasteiger partial charge in [0, 0.05) is 23.6 Å². The minimum atomic E-state index is -0.160. The predicted octanol–water partition coefficient (Wildman–Crippen LogP) is 4.68. The van der Waals surface area contributed by atoms with Crippen molar-refractivity contribution in [1.29, 1.82) is 0 Å². The van der Waals surface area contributed by atoms with Crippen molar-refractivity contribution in [2.45, 2.75) is 13.8 Å². The molecule has 0 radical (unpaired) electrons. The Kier molecular flexibility index (Phi) is 5.62. The maximum absolute atomic E-state index is 12.3. The zero-order valence-electron chi connectivity index (χ0n) is 16.4. The molecular weight excluding hydrogens is 398 g/mol. The van der Waals surface area contributed by atoms with Crippen molar-refractivity contribution in [3.63, 3.8) is 0 Å². The summed E-state index contributed by atoms with van der Waals surface area (Å²) in [5.74, 6) is 1.83. The van der Waals surface area contributed by atoms with Crippen molar-refractivity contribution in [2.24, 2.45) is 0 Å². The van der Waals surface area contributed by atoms with Gasteiger partial charge in [-0.05, 0) is 55.8 Å². The fourth-order valence-electron chi connectivity index (χ4n) is 2.72. The number of nitrogens with zero attached hydrogens (tertiary/aromatic N) is 4. The number of benzene rings is 1. The van der Waals surface area contributed by atoms with Gasteiger partial charge in [0.25, 0.3) is 5.91 Å². The molecule has 0 fully saturated rings. The van der Waals surface area contributed by atoms with Crippen LogP contribution in [0, 0.1) is 13.8 Å². The van der Waals surface area contributed by atoms with Gasteiger partial charge in [0.2, 0.25) is 0 Å². The topological polar surface area (TPSA) is 105 Å². The number of amides is 1. The van der Waals surface area contributed by atoms with Crippen molar-refractivity contribution in [3.05, 3.63) is 76.6 Å². The zero-order chi connectivity index (χ0) is 20.9. The molecule has 0 bridgehead atoms. The van der Waals surface area contributed by atoms with Crippen molar-refractivity contribution in [3.8, 4) is 0 Å². The first kappa shape index (κ1) is 19.5. The van der Waals surface area contributed by atoms with Crippen LogP contribution in [0.1, 0.15) is 20.9 Å². The van der Waals surface area contributed by atoms with E-state index < -0.39 is 0 Å². The van der Waals surface area contributed by atoms with Crippen LogP contribution in [-0.4, -0.2) is 25.8 Å². The molecule has 8 nitrogen and oxygen atoms in total. The van der Waals surface area contributed by atoms with E-state index in [0.717, 1.165) is 22.8 Å². The standard InChI is InChI=1S/C21H19N7OS/c1-13-7-8-22-17(9-13)28-19-10-18(23-11-24-19)26-15-3-5-16(6-4-15)27-21(29)20-14(2)25-12-30-20/h3-12H,1-2H3,(H,27,29)(H2,22,23,24,26,28). The molecule has 0 spiro atoms. The van der Waals surface area contributed by atoms with Gasteiger partial charge in [0.15, 0.2) is 0 Å². The largest absolute Gasteiger partial charge is 0.340 e. The van der Waals surface area contributed by atoms with E-state index in [0.29, 0.717) is 22.2 Å². The van der Waals surface area contributed by atoms with E-state index in [1.807, 2.05) is 50.2 Å². The van der Waals surface area contributed by atoms with Crippen molar-refractivity contribution in [2.75, 3.05) is 16.0 Å². The molecule has 0 atom stereocenters. The van der Waals surface area contributed by atoms with Crippen LogP contribution in [0.5, 0.6) is 0 Å². The summed E-state index contributed by atoms with van der Waals surface area (Å²) in [5.41, 5.74) is 5.04. The Morgan fingerprint density at radius 1 is 0.833 bits per heavy atom. The van der Waals surface area contributed by atoms with Gasteiger partial charge in [-0.25, -0.2) is 19.9 Å². The molecule has 9 heteroatoms. The van der Waals surface area contributed by atoms with E-state index in [1.165, 1.54) is 17.7 Å². The van der Waals surface area contributed by atoms with Gasteiger partial charge < -0.3 is 16.0 Å². The molecule has 0 aliphatic heterocycles. The van der Waals surface area contributed by atoms with Gasteiger partial charge in [-0.2, -0.15) is 0 Å². The van der Waals surface area contributed by atoms with Gasteiger partial charge in [-0.15, -0.1) is 11.3 Å². The molecule has 4 aromatic rings. The third-order valence-corrected chi connectivity index (χ3v) is 5.13. The monoisotopic (exact) mass is 417 g/mol. The fourth-order valence-corrected chi connectivity index (χ4v) is 3.42. The average Bonchev–Trinajstić information content (AvgIpc) is 3.16. The lowest BCUT2D eigenvalue weighted by molar-refractivity contribution is 0.103. The van der Waals surface area contributed by atoms with E-state index in [2.05, 4.69) is 35.9 Å². The minimum Gasteiger partial charge on any atom is -0.340 e. The number of thiazole rings is 1. The Balaban J connectivity index is 1.41. The Morgan fingerprint density at radius 2 is 1.53 bits per heavy atom. The third-order valence-electron chi connectivity index (χ3n) is 4.21. The second-order valence-corrected chi connectivity index (χ2v) is 7.41. The molecule has 0 saturated heterocycles. The highest BCUT2D eigenvalue weighted by Crippen LogP contribution is 2.21. The highest BCUT2D eigenvalue weighted by molar-refractivity contribution is 7.12. The minimum absolute atomic E-state index is 0.160. The average molecular weight is 417 g/mol. The maximum Gasteiger partial charge on any atom is 0.267 e. The summed E-state index contributed by atoms with van der Waals surface area (Å²) >= 11 is 1.32. The lowest BCUT2D eigenvalue weighted by atomic mass is 10.2. The quantitative estimate of drug-likeness (QED) is 0.418. The highest BCUT2D eigenvalue weighted by atomic mass is 32.1. The fraction of sp³-hybridized carbons (Fsp3) is 0.0952. The molecule has 0 aliphatic rings. The first-order valence-corrected chi connectivity index (χ1v) is 10.0. The molecule has 4 rings (SSSR count). The zero-order valence-corrected chi connectivity index (χ0v) is 17.2. The number of carbonyl (C=O) groups is 1. The van der Waals surface area contributed by atoms with Crippen LogP contribution in [0.15, 0.2) is 60.5 Å². The van der Waals surface area contributed by atoms with Crippen LogP contribution < -0.4 is 16.0 Å². The van der Waals surface area contributed by atoms with Gasteiger partial charge in [-0.3, -0.25) is 4.79 Å². The number of aryl methyl sites for hydroxylation is 2. The summed E-state index contributed by atoms with van der Waals surface area (Å²) in [6, 6.07) is 13.1. The molecule has 1 aromatic carbocycles. The van der Waals surface area contributed by atoms with Crippen LogP contribution in [-0.2, 0) is 0 Å². The number of anilines is 5. The SMILES string of the molecule is Cc1ccnc(Nc2cc(Nc3ccc(NC(=O)c4scnc4C)cc3)ncn2)c1. The van der Waals surface area contributed by atoms with E-state index >= 15 is 0 Å². The molecule has 3 N–H and O–H groups in total. The van der Waals surface area contributed by atoms with Gasteiger partial charge in [-0.1, -0.05) is 0 Å². The van der Waals surface area contributed by atoms with E-state index in [4.69, 9.17) is 0 Å². The number of hydrogen-bond donors (Lipinski definition) is 3. The normalized spacial score (nSPS) is 10.5. The second kappa shape index (κ2) is 8.66. The molecule has 3 aromatic heterocycles. The van der Waals surface area contributed by atoms with Crippen LogP contribution in [0.3, 0.4) is 0 Å². The number of aromatic nitrogens is 4. The number of nitrogens with one attached hydrogen (secondary N) is 3. The first-order valence-electron chi connectivity index (χ1n) is 9.17. The molecular formula is C21H19N7OS. The molecule has 0 unspecified atom stereocenters. The van der Waals surface area contributed by atoms with Crippen LogP contribution in [0.4, 0.5) is 28.8 Å². The molecule has 30 heavy (non-hydrogen) atoms. The van der Waals surface area contributed by atoms with Gasteiger partial charge in [0.1, 0.15) is 28.7 Å². The molecule has 0 saturated carbocycles. The Bertz CT molecular complexity index is 1170. The van der Waals surface area contributed by atoms with Crippen molar-refractivity contribution < 1.29 is 4.79 Å². The molecule has 0 aliphatic carbocycles. The van der Waals surface area contributed by atoms with Crippen LogP contribution >= 0.6 is 11.3 Å². The number of carbonyl (C=O) groups excluding carboxylic acids is 1. The number of hydrogen-bond acceptors (Lipinski definition) is 8. The highest BCUT2D eigenvalue weighted by Gasteiger charge is 2.11. The van der Waals surface area contributed by atoms with Gasteiger partial charge >= 0.3 is 0 Å². The summed E-state index contributed by atoms with van der Waals surface area (Å²) in [6.45, 7) is 3.82. The number of rotatable bonds is 6. The van der Waals surface area contributed by atoms with Crippen molar-refractivity contribution >= 4 is 46.1 Å². The summed E-state index contributed by atoms with van der Waals surface area (Å²) in [4.78, 5) is 29.8. The van der Waals surface area contributed by atoms with Crippen LogP contribution in [0.2, 0.25) is 0 Å². The second-order valence-electron chi connectivity index (χ2n) is 6.56. The Labute approximate surface area is 177 Å². The third kappa shape index (κ3) is 4.76. The van der Waals surface area contributed by atoms with E-state index in [1.54, 1.807) is 17.8 Å². The summed E-state index contributed by atoms with van der Waals surface area (Å²) in [5, 5.41) is 9.27. The van der Waals surface area contributed by atoms with E-state index in [-0.39, 0.29) is 5.91 Å². The Morgan fingerprint density at radius 3 is 2.23 bits per heavy atom. The lowest BCUT2D eigenvalue weighted by Gasteiger charge is -2.10. The number of pyridine rings is 1. The predicted molar refractivity (Wildman–Crippen MR) is 119 cm³/mol. The molecule has 1 amide bonds. The smallest absolute Gasteiger partial charge is 0.267 e.